The van der Waals surface area contributed by atoms with Crippen molar-refractivity contribution in [1.29, 1.82) is 0 Å². The van der Waals surface area contributed by atoms with Crippen molar-refractivity contribution in [1.82, 2.24) is 0 Å². The van der Waals surface area contributed by atoms with Crippen LogP contribution in [0.4, 0.5) is 18.9 Å². The van der Waals surface area contributed by atoms with Gasteiger partial charge in [-0.2, -0.15) is 13.2 Å². The van der Waals surface area contributed by atoms with E-state index in [-0.39, 0.29) is 6.08 Å². The summed E-state index contributed by atoms with van der Waals surface area (Å²) in [5, 5.41) is 0. The van der Waals surface area contributed by atoms with Crippen molar-refractivity contribution in [2.24, 2.45) is 0 Å². The Balaban J connectivity index is 2.75. The molecule has 0 aliphatic heterocycles. The number of hydrogen-bond donors (Lipinski definition) is 1. The van der Waals surface area contributed by atoms with E-state index in [0.717, 1.165) is 6.08 Å². The van der Waals surface area contributed by atoms with Crippen molar-refractivity contribution in [3.63, 3.8) is 0 Å². The van der Waals surface area contributed by atoms with Crippen LogP contribution in [-0.4, -0.2) is 6.18 Å². The SMILES string of the molecule is Nc1ccc(C=CC(F)(F)F)cc1. The van der Waals surface area contributed by atoms with E-state index < -0.39 is 6.18 Å². The Morgan fingerprint density at radius 1 is 1.08 bits per heavy atom. The molecule has 0 aliphatic carbocycles. The van der Waals surface area contributed by atoms with Crippen molar-refractivity contribution in [2.75, 3.05) is 5.73 Å². The summed E-state index contributed by atoms with van der Waals surface area (Å²) in [6.45, 7) is 0. The highest BCUT2D eigenvalue weighted by Crippen LogP contribution is 2.18. The standard InChI is InChI=1S/C9H8F3N/c10-9(11,12)6-5-7-1-3-8(13)4-2-7/h1-6H,13H2. The molecule has 1 nitrogen and oxygen atoms in total. The second kappa shape index (κ2) is 3.51. The van der Waals surface area contributed by atoms with Crippen LogP contribution in [0.2, 0.25) is 0 Å². The highest BCUT2D eigenvalue weighted by molar-refractivity contribution is 5.53. The minimum absolute atomic E-state index is 0.193. The number of halogens is 3. The fraction of sp³-hybridized carbons (Fsp3) is 0.111. The van der Waals surface area contributed by atoms with Crippen LogP contribution in [0.15, 0.2) is 30.3 Å². The summed E-state index contributed by atoms with van der Waals surface area (Å²) in [6, 6.07) is 6.15. The highest BCUT2D eigenvalue weighted by Gasteiger charge is 2.21. The fourth-order valence-electron chi connectivity index (χ4n) is 0.798. The molecule has 70 valence electrons. The maximum absolute atomic E-state index is 11.7. The molecule has 4 heteroatoms. The maximum atomic E-state index is 11.7. The molecule has 0 atom stereocenters. The minimum atomic E-state index is -4.26. The molecule has 0 aromatic heterocycles. The molecule has 13 heavy (non-hydrogen) atoms. The van der Waals surface area contributed by atoms with Crippen LogP contribution in [-0.2, 0) is 0 Å². The third kappa shape index (κ3) is 3.64. The van der Waals surface area contributed by atoms with E-state index in [9.17, 15) is 13.2 Å². The van der Waals surface area contributed by atoms with Gasteiger partial charge in [-0.15, -0.1) is 0 Å². The van der Waals surface area contributed by atoms with Crippen LogP contribution in [0.5, 0.6) is 0 Å². The summed E-state index contributed by atoms with van der Waals surface area (Å²) < 4.78 is 35.1. The number of rotatable bonds is 1. The zero-order chi connectivity index (χ0) is 9.90. The molecule has 0 aliphatic rings. The second-order valence-electron chi connectivity index (χ2n) is 2.54. The van der Waals surface area contributed by atoms with Crippen LogP contribution in [0.3, 0.4) is 0 Å². The van der Waals surface area contributed by atoms with Crippen LogP contribution in [0.25, 0.3) is 6.08 Å². The largest absolute Gasteiger partial charge is 0.409 e. The van der Waals surface area contributed by atoms with Gasteiger partial charge < -0.3 is 5.73 Å². The lowest BCUT2D eigenvalue weighted by molar-refractivity contribution is -0.0790. The van der Waals surface area contributed by atoms with Crippen molar-refractivity contribution in [3.05, 3.63) is 35.9 Å². The number of nitrogens with two attached hydrogens (primary N) is 1. The Morgan fingerprint density at radius 3 is 2.08 bits per heavy atom. The minimum Gasteiger partial charge on any atom is -0.399 e. The van der Waals surface area contributed by atoms with Crippen LogP contribution < -0.4 is 5.73 Å². The van der Waals surface area contributed by atoms with Crippen LogP contribution in [0, 0.1) is 0 Å². The average molecular weight is 187 g/mol. The Bertz CT molecular complexity index is 298. The summed E-state index contributed by atoms with van der Waals surface area (Å²) in [6.07, 6.45) is -3.07. The molecule has 0 spiro atoms. The second-order valence-corrected chi connectivity index (χ2v) is 2.54. The number of hydrogen-bond acceptors (Lipinski definition) is 1. The molecule has 0 radical (unpaired) electrons. The molecule has 0 amide bonds. The van der Waals surface area contributed by atoms with E-state index in [0.29, 0.717) is 11.3 Å². The van der Waals surface area contributed by atoms with Gasteiger partial charge in [0.15, 0.2) is 0 Å². The van der Waals surface area contributed by atoms with Gasteiger partial charge in [-0.3, -0.25) is 0 Å². The molecule has 0 unspecified atom stereocenters. The van der Waals surface area contributed by atoms with Gasteiger partial charge in [0.25, 0.3) is 0 Å². The van der Waals surface area contributed by atoms with Gasteiger partial charge in [-0.1, -0.05) is 18.2 Å². The molecule has 0 saturated carbocycles. The molecule has 1 aromatic carbocycles. The first-order chi connectivity index (χ1) is 5.97. The number of nitrogen functional groups attached to an aromatic ring is 1. The summed E-state index contributed by atoms with van der Waals surface area (Å²) in [4.78, 5) is 0. The summed E-state index contributed by atoms with van der Waals surface area (Å²) in [7, 11) is 0. The lowest BCUT2D eigenvalue weighted by Gasteiger charge is -1.98. The number of benzene rings is 1. The van der Waals surface area contributed by atoms with E-state index in [1.54, 1.807) is 12.1 Å². The molecule has 1 rings (SSSR count). The zero-order valence-electron chi connectivity index (χ0n) is 6.68. The molecular weight excluding hydrogens is 179 g/mol. The van der Waals surface area contributed by atoms with Gasteiger partial charge >= 0.3 is 6.18 Å². The third-order valence-corrected chi connectivity index (χ3v) is 1.40. The van der Waals surface area contributed by atoms with Gasteiger partial charge in [-0.25, -0.2) is 0 Å². The summed E-state index contributed by atoms with van der Waals surface area (Å²) >= 11 is 0. The molecule has 0 heterocycles. The summed E-state index contributed by atoms with van der Waals surface area (Å²) in [5.74, 6) is 0. The first-order valence-electron chi connectivity index (χ1n) is 3.59. The molecular formula is C9H8F3N. The van der Waals surface area contributed by atoms with Crippen molar-refractivity contribution in [2.45, 2.75) is 6.18 Å². The topological polar surface area (TPSA) is 26.0 Å². The Hall–Kier alpha value is -1.45. The normalized spacial score (nSPS) is 12.2. The first-order valence-corrected chi connectivity index (χ1v) is 3.59. The maximum Gasteiger partial charge on any atom is 0.409 e. The van der Waals surface area contributed by atoms with E-state index in [2.05, 4.69) is 0 Å². The Labute approximate surface area is 73.7 Å². The molecule has 0 bridgehead atoms. The van der Waals surface area contributed by atoms with Gasteiger partial charge in [0.2, 0.25) is 0 Å². The quantitative estimate of drug-likeness (QED) is 0.672. The predicted molar refractivity (Wildman–Crippen MR) is 45.9 cm³/mol. The van der Waals surface area contributed by atoms with E-state index >= 15 is 0 Å². The Kier molecular flexibility index (Phi) is 2.60. The van der Waals surface area contributed by atoms with Crippen molar-refractivity contribution in [3.8, 4) is 0 Å². The first kappa shape index (κ1) is 9.64. The molecule has 0 saturated heterocycles. The number of anilines is 1. The monoisotopic (exact) mass is 187 g/mol. The number of allylic oxidation sites excluding steroid dienone is 1. The van der Waals surface area contributed by atoms with E-state index in [1.165, 1.54) is 12.1 Å². The van der Waals surface area contributed by atoms with E-state index in [1.807, 2.05) is 0 Å². The van der Waals surface area contributed by atoms with Crippen LogP contribution >= 0.6 is 0 Å². The predicted octanol–water partition coefficient (Wildman–Crippen LogP) is 2.84. The zero-order valence-corrected chi connectivity index (χ0v) is 6.68. The average Bonchev–Trinajstić information content (AvgIpc) is 2.02. The highest BCUT2D eigenvalue weighted by atomic mass is 19.4. The Morgan fingerprint density at radius 2 is 1.62 bits per heavy atom. The van der Waals surface area contributed by atoms with Gasteiger partial charge in [0.05, 0.1) is 0 Å². The van der Waals surface area contributed by atoms with Crippen molar-refractivity contribution >= 4 is 11.8 Å². The smallest absolute Gasteiger partial charge is 0.399 e. The van der Waals surface area contributed by atoms with Gasteiger partial charge in [0, 0.05) is 11.8 Å². The molecule has 0 fully saturated rings. The van der Waals surface area contributed by atoms with Gasteiger partial charge in [-0.05, 0) is 17.7 Å². The van der Waals surface area contributed by atoms with Crippen molar-refractivity contribution < 1.29 is 13.2 Å². The third-order valence-electron chi connectivity index (χ3n) is 1.40. The van der Waals surface area contributed by atoms with E-state index in [4.69, 9.17) is 5.73 Å². The fourth-order valence-corrected chi connectivity index (χ4v) is 0.798. The lowest BCUT2D eigenvalue weighted by atomic mass is 10.2. The molecule has 2 N–H and O–H groups in total. The van der Waals surface area contributed by atoms with Gasteiger partial charge in [0.1, 0.15) is 0 Å². The number of alkyl halides is 3. The summed E-state index contributed by atoms with van der Waals surface area (Å²) in [5.41, 5.74) is 6.37. The molecule has 1 aromatic rings. The van der Waals surface area contributed by atoms with Crippen LogP contribution in [0.1, 0.15) is 5.56 Å². The lowest BCUT2D eigenvalue weighted by Crippen LogP contribution is -2.00.